The summed E-state index contributed by atoms with van der Waals surface area (Å²) < 4.78 is 0. The zero-order valence-corrected chi connectivity index (χ0v) is 16.4. The Morgan fingerprint density at radius 1 is 1.04 bits per heavy atom. The van der Waals surface area contributed by atoms with Gasteiger partial charge in [-0.1, -0.05) is 23.2 Å². The minimum Gasteiger partial charge on any atom is -0.349 e. The van der Waals surface area contributed by atoms with Crippen molar-refractivity contribution < 1.29 is 9.59 Å². The third kappa shape index (κ3) is 3.84. The van der Waals surface area contributed by atoms with Crippen LogP contribution in [0.5, 0.6) is 0 Å². The van der Waals surface area contributed by atoms with E-state index in [2.05, 4.69) is 15.3 Å². The second-order valence-corrected chi connectivity index (χ2v) is 7.62. The molecule has 0 bridgehead atoms. The maximum Gasteiger partial charge on any atom is 0.253 e. The lowest BCUT2D eigenvalue weighted by molar-refractivity contribution is 0.0698. The van der Waals surface area contributed by atoms with Crippen molar-refractivity contribution in [1.29, 1.82) is 0 Å². The Labute approximate surface area is 171 Å². The molecule has 1 saturated heterocycles. The van der Waals surface area contributed by atoms with Gasteiger partial charge in [0.05, 0.1) is 27.4 Å². The van der Waals surface area contributed by atoms with Crippen molar-refractivity contribution in [2.24, 2.45) is 0 Å². The molecule has 0 unspecified atom stereocenters. The maximum absolute atomic E-state index is 12.8. The average Bonchev–Trinajstić information content (AvgIpc) is 3.18. The fourth-order valence-corrected chi connectivity index (χ4v) is 3.68. The van der Waals surface area contributed by atoms with Gasteiger partial charge < -0.3 is 15.2 Å². The van der Waals surface area contributed by atoms with Gasteiger partial charge in [0.1, 0.15) is 0 Å². The number of imidazole rings is 1. The van der Waals surface area contributed by atoms with Crippen LogP contribution in [0.4, 0.5) is 0 Å². The van der Waals surface area contributed by atoms with Gasteiger partial charge in [0, 0.05) is 30.3 Å². The van der Waals surface area contributed by atoms with E-state index >= 15 is 0 Å². The van der Waals surface area contributed by atoms with E-state index in [0.29, 0.717) is 47.1 Å². The summed E-state index contributed by atoms with van der Waals surface area (Å²) in [6.45, 7) is 1.18. The van der Waals surface area contributed by atoms with Gasteiger partial charge in [0.15, 0.2) is 0 Å². The van der Waals surface area contributed by atoms with Crippen LogP contribution in [0.25, 0.3) is 11.0 Å². The largest absolute Gasteiger partial charge is 0.349 e. The molecule has 3 aromatic rings. The quantitative estimate of drug-likeness (QED) is 0.679. The van der Waals surface area contributed by atoms with Crippen molar-refractivity contribution >= 4 is 46.0 Å². The number of halogens is 2. The lowest BCUT2D eigenvalue weighted by Gasteiger charge is -2.32. The third-order valence-electron chi connectivity index (χ3n) is 4.97. The summed E-state index contributed by atoms with van der Waals surface area (Å²) in [6.07, 6.45) is 3.01. The van der Waals surface area contributed by atoms with Crippen LogP contribution in [-0.4, -0.2) is 45.8 Å². The van der Waals surface area contributed by atoms with E-state index in [1.807, 2.05) is 17.0 Å². The molecule has 8 heteroatoms. The molecular weight excluding hydrogens is 399 g/mol. The van der Waals surface area contributed by atoms with Crippen LogP contribution >= 0.6 is 23.2 Å². The minimum absolute atomic E-state index is 0.00856. The lowest BCUT2D eigenvalue weighted by Crippen LogP contribution is -2.46. The molecule has 0 radical (unpaired) electrons. The molecule has 6 nitrogen and oxygen atoms in total. The normalized spacial score (nSPS) is 15.0. The molecule has 1 aromatic heterocycles. The van der Waals surface area contributed by atoms with Gasteiger partial charge in [-0.15, -0.1) is 0 Å². The Kier molecular flexibility index (Phi) is 5.24. The van der Waals surface area contributed by atoms with E-state index in [-0.39, 0.29) is 17.9 Å². The summed E-state index contributed by atoms with van der Waals surface area (Å²) in [5.74, 6) is -0.196. The lowest BCUT2D eigenvalue weighted by atomic mass is 10.0. The van der Waals surface area contributed by atoms with Crippen molar-refractivity contribution in [1.82, 2.24) is 20.2 Å². The van der Waals surface area contributed by atoms with Crippen LogP contribution < -0.4 is 5.32 Å². The first-order valence-electron chi connectivity index (χ1n) is 8.99. The smallest absolute Gasteiger partial charge is 0.253 e. The molecule has 144 valence electrons. The third-order valence-corrected chi connectivity index (χ3v) is 5.71. The predicted molar refractivity (Wildman–Crippen MR) is 109 cm³/mol. The first-order chi connectivity index (χ1) is 13.5. The number of carbonyl (C=O) groups is 2. The summed E-state index contributed by atoms with van der Waals surface area (Å²) >= 11 is 11.9. The number of piperidine rings is 1. The Bertz CT molecular complexity index is 1040. The van der Waals surface area contributed by atoms with Crippen LogP contribution in [-0.2, 0) is 0 Å². The minimum atomic E-state index is -0.187. The fraction of sp³-hybridized carbons (Fsp3) is 0.250. The van der Waals surface area contributed by atoms with Crippen LogP contribution in [0.1, 0.15) is 33.6 Å². The maximum atomic E-state index is 12.8. The summed E-state index contributed by atoms with van der Waals surface area (Å²) in [5.41, 5.74) is 2.78. The number of likely N-dealkylation sites (tertiary alicyclic amines) is 1. The first kappa shape index (κ1) is 18.8. The molecule has 0 saturated carbocycles. The van der Waals surface area contributed by atoms with Gasteiger partial charge in [0.2, 0.25) is 0 Å². The molecule has 0 aliphatic carbocycles. The molecular formula is C20H18Cl2N4O2. The number of rotatable bonds is 3. The average molecular weight is 417 g/mol. The number of amides is 2. The summed E-state index contributed by atoms with van der Waals surface area (Å²) in [5, 5.41) is 3.78. The van der Waals surface area contributed by atoms with E-state index in [1.165, 1.54) is 0 Å². The van der Waals surface area contributed by atoms with Gasteiger partial charge >= 0.3 is 0 Å². The molecule has 0 atom stereocenters. The van der Waals surface area contributed by atoms with Crippen molar-refractivity contribution in [2.45, 2.75) is 18.9 Å². The van der Waals surface area contributed by atoms with Crippen LogP contribution in [0.15, 0.2) is 42.7 Å². The first-order valence-corrected chi connectivity index (χ1v) is 9.75. The number of aromatic nitrogens is 2. The van der Waals surface area contributed by atoms with E-state index < -0.39 is 0 Å². The van der Waals surface area contributed by atoms with Crippen LogP contribution in [0.2, 0.25) is 10.0 Å². The molecule has 1 fully saturated rings. The zero-order valence-electron chi connectivity index (χ0n) is 14.9. The van der Waals surface area contributed by atoms with E-state index in [1.54, 1.807) is 30.6 Å². The number of carbonyl (C=O) groups excluding carboxylic acids is 2. The Morgan fingerprint density at radius 3 is 2.54 bits per heavy atom. The Hall–Kier alpha value is -2.57. The molecule has 2 N–H and O–H groups in total. The summed E-state index contributed by atoms with van der Waals surface area (Å²) in [6, 6.07) is 10.3. The fourth-order valence-electron chi connectivity index (χ4n) is 3.38. The highest BCUT2D eigenvalue weighted by Gasteiger charge is 2.25. The number of aromatic amines is 1. The topological polar surface area (TPSA) is 78.1 Å². The SMILES string of the molecule is O=C(NC1CCN(C(=O)c2ccc3nc[nH]c3c2)CC1)c1ccc(Cl)c(Cl)c1. The van der Waals surface area contributed by atoms with Crippen LogP contribution in [0.3, 0.4) is 0 Å². The Balaban J connectivity index is 1.35. The Morgan fingerprint density at radius 2 is 1.79 bits per heavy atom. The number of hydrogen-bond acceptors (Lipinski definition) is 3. The number of fused-ring (bicyclic) bond motifs is 1. The molecule has 1 aliphatic heterocycles. The van der Waals surface area contributed by atoms with Gasteiger partial charge in [-0.05, 0) is 49.2 Å². The van der Waals surface area contributed by atoms with E-state index in [4.69, 9.17) is 23.2 Å². The highest BCUT2D eigenvalue weighted by Crippen LogP contribution is 2.23. The van der Waals surface area contributed by atoms with Gasteiger partial charge in [-0.25, -0.2) is 4.98 Å². The number of hydrogen-bond donors (Lipinski definition) is 2. The second-order valence-electron chi connectivity index (χ2n) is 6.80. The standard InChI is InChI=1S/C20H18Cl2N4O2/c21-15-3-1-12(9-16(15)22)19(27)25-14-5-7-26(8-6-14)20(28)13-2-4-17-18(10-13)24-11-23-17/h1-4,9-11,14H,5-8H2,(H,23,24)(H,25,27). The monoisotopic (exact) mass is 416 g/mol. The molecule has 2 heterocycles. The van der Waals surface area contributed by atoms with Crippen molar-refractivity contribution in [3.8, 4) is 0 Å². The van der Waals surface area contributed by atoms with E-state index in [9.17, 15) is 9.59 Å². The number of nitrogens with one attached hydrogen (secondary N) is 2. The molecule has 1 aliphatic rings. The molecule has 4 rings (SSSR count). The van der Waals surface area contributed by atoms with Crippen molar-refractivity contribution in [3.63, 3.8) is 0 Å². The van der Waals surface area contributed by atoms with E-state index in [0.717, 1.165) is 11.0 Å². The molecule has 28 heavy (non-hydrogen) atoms. The second kappa shape index (κ2) is 7.81. The summed E-state index contributed by atoms with van der Waals surface area (Å²) in [7, 11) is 0. The number of benzene rings is 2. The van der Waals surface area contributed by atoms with Gasteiger partial charge in [-0.2, -0.15) is 0 Å². The zero-order chi connectivity index (χ0) is 19.7. The molecule has 0 spiro atoms. The molecule has 2 amide bonds. The number of nitrogens with zero attached hydrogens (tertiary/aromatic N) is 2. The molecule has 2 aromatic carbocycles. The summed E-state index contributed by atoms with van der Waals surface area (Å²) in [4.78, 5) is 34.2. The highest BCUT2D eigenvalue weighted by atomic mass is 35.5. The van der Waals surface area contributed by atoms with Gasteiger partial charge in [-0.3, -0.25) is 9.59 Å². The van der Waals surface area contributed by atoms with Crippen molar-refractivity contribution in [2.75, 3.05) is 13.1 Å². The van der Waals surface area contributed by atoms with Crippen LogP contribution in [0, 0.1) is 0 Å². The van der Waals surface area contributed by atoms with Gasteiger partial charge in [0.25, 0.3) is 11.8 Å². The van der Waals surface area contributed by atoms with Crippen molar-refractivity contribution in [3.05, 3.63) is 63.9 Å². The predicted octanol–water partition coefficient (Wildman–Crippen LogP) is 3.90. The highest BCUT2D eigenvalue weighted by molar-refractivity contribution is 6.42. The number of H-pyrrole nitrogens is 1.